The largest absolute Gasteiger partial charge is 0.508 e. The second kappa shape index (κ2) is 12.4. The maximum atomic E-state index is 13.3. The summed E-state index contributed by atoms with van der Waals surface area (Å²) in [5, 5.41) is 16.1. The van der Waals surface area contributed by atoms with E-state index in [-0.39, 0.29) is 53.8 Å². The van der Waals surface area contributed by atoms with Crippen LogP contribution in [0.2, 0.25) is 5.02 Å². The Kier molecular flexibility index (Phi) is 8.44. The number of nitrogens with zero attached hydrogens (tertiary/aromatic N) is 2. The van der Waals surface area contributed by atoms with Gasteiger partial charge in [-0.15, -0.1) is 0 Å². The number of ether oxygens (including phenoxy) is 1. The molecule has 1 aliphatic rings. The summed E-state index contributed by atoms with van der Waals surface area (Å²) < 4.78 is 7.19. The van der Waals surface area contributed by atoms with Crippen molar-refractivity contribution in [1.82, 2.24) is 20.2 Å². The summed E-state index contributed by atoms with van der Waals surface area (Å²) in [7, 11) is 0. The average molecular weight is 588 g/mol. The molecule has 0 bridgehead atoms. The van der Waals surface area contributed by atoms with Gasteiger partial charge in [0, 0.05) is 28.7 Å². The zero-order valence-electron chi connectivity index (χ0n) is 22.9. The first kappa shape index (κ1) is 28.7. The molecular weight excluding hydrogens is 558 g/mol. The third-order valence-electron chi connectivity index (χ3n) is 6.89. The molecular formula is C31H30ClN5O5. The number of hydrogen-bond acceptors (Lipinski definition) is 7. The highest BCUT2D eigenvalue weighted by Crippen LogP contribution is 2.26. The second-order valence-electron chi connectivity index (χ2n) is 10.1. The Balaban J connectivity index is 1.22. The number of phenolic OH excluding ortho intramolecular Hbond substituents is 1. The number of aromatic hydroxyl groups is 1. The number of anilines is 1. The molecule has 2 amide bonds. The Hall–Kier alpha value is -4.83. The summed E-state index contributed by atoms with van der Waals surface area (Å²) in [4.78, 5) is 42.5. The van der Waals surface area contributed by atoms with Crippen molar-refractivity contribution in [3.8, 4) is 17.2 Å². The fraction of sp³-hybridized carbons (Fsp3) is 0.226. The minimum atomic E-state index is -0.414. The molecule has 0 spiro atoms. The quantitative estimate of drug-likeness (QED) is 0.194. The van der Waals surface area contributed by atoms with E-state index in [0.717, 1.165) is 18.4 Å². The lowest BCUT2D eigenvalue weighted by atomic mass is 10.1. The third kappa shape index (κ3) is 6.72. The van der Waals surface area contributed by atoms with Crippen LogP contribution in [0.5, 0.6) is 11.5 Å². The molecule has 10 nitrogen and oxygen atoms in total. The molecule has 11 heteroatoms. The van der Waals surface area contributed by atoms with E-state index in [4.69, 9.17) is 22.1 Å². The van der Waals surface area contributed by atoms with Crippen molar-refractivity contribution >= 4 is 35.0 Å². The third-order valence-corrected chi connectivity index (χ3v) is 7.12. The number of carbonyl (C=O) groups is 3. The van der Waals surface area contributed by atoms with Crippen LogP contribution in [0.3, 0.4) is 0 Å². The molecule has 1 saturated carbocycles. The van der Waals surface area contributed by atoms with Crippen LogP contribution in [-0.2, 0) is 11.2 Å². The van der Waals surface area contributed by atoms with E-state index in [0.29, 0.717) is 34.0 Å². The van der Waals surface area contributed by atoms with Gasteiger partial charge in [0.1, 0.15) is 23.6 Å². The van der Waals surface area contributed by atoms with Crippen LogP contribution in [0.4, 0.5) is 5.82 Å². The Labute approximate surface area is 247 Å². The molecule has 3 aromatic carbocycles. The van der Waals surface area contributed by atoms with Gasteiger partial charge in [0.25, 0.3) is 11.8 Å². The van der Waals surface area contributed by atoms with Crippen molar-refractivity contribution < 1.29 is 24.2 Å². The molecule has 216 valence electrons. The fourth-order valence-corrected chi connectivity index (χ4v) is 4.58. The molecule has 0 aliphatic heterocycles. The van der Waals surface area contributed by atoms with Crippen LogP contribution >= 0.6 is 11.6 Å². The lowest BCUT2D eigenvalue weighted by Crippen LogP contribution is -2.30. The predicted molar refractivity (Wildman–Crippen MR) is 158 cm³/mol. The highest BCUT2D eigenvalue weighted by atomic mass is 35.5. The van der Waals surface area contributed by atoms with Crippen molar-refractivity contribution in [2.75, 3.05) is 18.9 Å². The van der Waals surface area contributed by atoms with E-state index >= 15 is 0 Å². The zero-order chi connectivity index (χ0) is 29.8. The summed E-state index contributed by atoms with van der Waals surface area (Å²) in [6, 6.07) is 16.7. The number of hydrogen-bond donors (Lipinski definition) is 4. The Morgan fingerprint density at radius 1 is 1.10 bits per heavy atom. The van der Waals surface area contributed by atoms with E-state index in [1.165, 1.54) is 18.5 Å². The van der Waals surface area contributed by atoms with Crippen molar-refractivity contribution in [1.29, 1.82) is 0 Å². The van der Waals surface area contributed by atoms with Crippen LogP contribution in [0.15, 0.2) is 67.0 Å². The molecule has 5 N–H and O–H groups in total. The van der Waals surface area contributed by atoms with Gasteiger partial charge in [-0.25, -0.2) is 4.98 Å². The highest BCUT2D eigenvalue weighted by molar-refractivity contribution is 6.30. The van der Waals surface area contributed by atoms with Crippen molar-refractivity contribution in [3.05, 3.63) is 100.0 Å². The van der Waals surface area contributed by atoms with Gasteiger partial charge in [0.05, 0.1) is 5.69 Å². The average Bonchev–Trinajstić information content (AvgIpc) is 3.72. The lowest BCUT2D eigenvalue weighted by Gasteiger charge is -2.12. The number of amides is 2. The van der Waals surface area contributed by atoms with Crippen molar-refractivity contribution in [2.45, 2.75) is 32.2 Å². The minimum Gasteiger partial charge on any atom is -0.508 e. The van der Waals surface area contributed by atoms with Crippen molar-refractivity contribution in [3.63, 3.8) is 0 Å². The SMILES string of the molecule is Cc1ccc(C(=O)NC2CC2)cc1-n1cnc(C(=O)c2cccc(OCC(=O)NCCc3cc(Cl)ccc3O)c2)c1N. The summed E-state index contributed by atoms with van der Waals surface area (Å²) in [6.07, 6.45) is 3.83. The van der Waals surface area contributed by atoms with Gasteiger partial charge in [0.2, 0.25) is 5.78 Å². The first-order chi connectivity index (χ1) is 20.2. The monoisotopic (exact) mass is 587 g/mol. The number of imidazole rings is 1. The lowest BCUT2D eigenvalue weighted by molar-refractivity contribution is -0.123. The number of ketones is 1. The number of aryl methyl sites for hydroxylation is 1. The normalized spacial score (nSPS) is 12.5. The topological polar surface area (TPSA) is 149 Å². The molecule has 0 radical (unpaired) electrons. The van der Waals surface area contributed by atoms with E-state index < -0.39 is 5.78 Å². The van der Waals surface area contributed by atoms with Crippen LogP contribution < -0.4 is 21.1 Å². The summed E-state index contributed by atoms with van der Waals surface area (Å²) >= 11 is 5.96. The number of nitrogens with two attached hydrogens (primary N) is 1. The molecule has 5 rings (SSSR count). The number of carbonyl (C=O) groups excluding carboxylic acids is 3. The first-order valence-electron chi connectivity index (χ1n) is 13.5. The summed E-state index contributed by atoms with van der Waals surface area (Å²) in [5.74, 6) is -0.357. The second-order valence-corrected chi connectivity index (χ2v) is 10.6. The zero-order valence-corrected chi connectivity index (χ0v) is 23.6. The summed E-state index contributed by atoms with van der Waals surface area (Å²) in [5.41, 5.74) is 9.35. The highest BCUT2D eigenvalue weighted by Gasteiger charge is 2.25. The van der Waals surface area contributed by atoms with Gasteiger partial charge >= 0.3 is 0 Å². The van der Waals surface area contributed by atoms with Crippen LogP contribution in [0, 0.1) is 6.92 Å². The van der Waals surface area contributed by atoms with Gasteiger partial charge in [-0.3, -0.25) is 19.0 Å². The Morgan fingerprint density at radius 3 is 2.69 bits per heavy atom. The van der Waals surface area contributed by atoms with E-state index in [2.05, 4.69) is 15.6 Å². The van der Waals surface area contributed by atoms with Crippen LogP contribution in [-0.4, -0.2) is 51.4 Å². The van der Waals surface area contributed by atoms with Gasteiger partial charge in [0.15, 0.2) is 12.3 Å². The van der Waals surface area contributed by atoms with Gasteiger partial charge in [-0.1, -0.05) is 29.8 Å². The maximum absolute atomic E-state index is 13.3. The van der Waals surface area contributed by atoms with Gasteiger partial charge in [-0.2, -0.15) is 0 Å². The molecule has 1 fully saturated rings. The number of nitrogens with one attached hydrogen (secondary N) is 2. The molecule has 4 aromatic rings. The maximum Gasteiger partial charge on any atom is 0.257 e. The fourth-order valence-electron chi connectivity index (χ4n) is 4.39. The molecule has 0 atom stereocenters. The predicted octanol–water partition coefficient (Wildman–Crippen LogP) is 3.98. The number of halogens is 1. The van der Waals surface area contributed by atoms with Gasteiger partial charge < -0.3 is 26.2 Å². The number of rotatable bonds is 11. The number of benzene rings is 3. The standard InChI is InChI=1S/C31H30ClN5O5/c1-18-5-6-21(31(41)36-23-8-9-23)15-25(18)37-17-35-28(30(37)33)29(40)20-3-2-4-24(14-20)42-16-27(39)34-12-11-19-13-22(32)7-10-26(19)38/h2-7,10,13-15,17,23,38H,8-9,11-12,16,33H2,1H3,(H,34,39)(H,36,41). The van der Waals surface area contributed by atoms with E-state index in [1.54, 1.807) is 47.0 Å². The first-order valence-corrected chi connectivity index (χ1v) is 13.8. The van der Waals surface area contributed by atoms with E-state index in [9.17, 15) is 19.5 Å². The molecule has 1 heterocycles. The molecule has 0 unspecified atom stereocenters. The Bertz CT molecular complexity index is 1660. The Morgan fingerprint density at radius 2 is 1.90 bits per heavy atom. The molecule has 0 saturated heterocycles. The molecule has 1 aliphatic carbocycles. The van der Waals surface area contributed by atoms with E-state index in [1.807, 2.05) is 13.0 Å². The molecule has 42 heavy (non-hydrogen) atoms. The van der Waals surface area contributed by atoms with Gasteiger partial charge in [-0.05, 0) is 79.8 Å². The molecule has 1 aromatic heterocycles. The van der Waals surface area contributed by atoms with Crippen LogP contribution in [0.25, 0.3) is 5.69 Å². The van der Waals surface area contributed by atoms with Crippen molar-refractivity contribution in [2.24, 2.45) is 0 Å². The number of phenols is 1. The van der Waals surface area contributed by atoms with Crippen LogP contribution in [0.1, 0.15) is 50.4 Å². The number of nitrogen functional groups attached to an aromatic ring is 1. The minimum absolute atomic E-state index is 0.0568. The number of aromatic nitrogens is 2. The summed E-state index contributed by atoms with van der Waals surface area (Å²) in [6.45, 7) is 1.90. The smallest absolute Gasteiger partial charge is 0.257 e.